The van der Waals surface area contributed by atoms with Crippen LogP contribution in [0.5, 0.6) is 0 Å². The molecule has 1 aliphatic rings. The van der Waals surface area contributed by atoms with Crippen LogP contribution in [-0.2, 0) is 14.4 Å². The number of rotatable bonds is 2. The van der Waals surface area contributed by atoms with Crippen molar-refractivity contribution < 1.29 is 14.4 Å². The Bertz CT molecular complexity index is 323. The van der Waals surface area contributed by atoms with Crippen molar-refractivity contribution in [1.29, 1.82) is 0 Å². The van der Waals surface area contributed by atoms with E-state index in [1.54, 1.807) is 26.8 Å². The summed E-state index contributed by atoms with van der Waals surface area (Å²) in [5, 5.41) is 0. The van der Waals surface area contributed by atoms with Crippen LogP contribution in [-0.4, -0.2) is 17.3 Å². The van der Waals surface area contributed by atoms with E-state index in [0.29, 0.717) is 0 Å². The lowest BCUT2D eigenvalue weighted by Gasteiger charge is -2.26. The highest BCUT2D eigenvalue weighted by atomic mass is 16.2. The van der Waals surface area contributed by atoms with Crippen LogP contribution in [0.4, 0.5) is 0 Å². The van der Waals surface area contributed by atoms with Gasteiger partial charge in [0.1, 0.15) is 5.92 Å². The van der Waals surface area contributed by atoms with Gasteiger partial charge in [0.2, 0.25) is 0 Å². The van der Waals surface area contributed by atoms with Crippen molar-refractivity contribution in [2.24, 2.45) is 11.3 Å². The molecule has 1 aliphatic carbocycles. The summed E-state index contributed by atoms with van der Waals surface area (Å²) in [6.07, 6.45) is 3.14. The van der Waals surface area contributed by atoms with E-state index in [0.717, 1.165) is 0 Å². The van der Waals surface area contributed by atoms with Gasteiger partial charge in [0, 0.05) is 11.8 Å². The summed E-state index contributed by atoms with van der Waals surface area (Å²) < 4.78 is 0. The summed E-state index contributed by atoms with van der Waals surface area (Å²) >= 11 is 0. The van der Waals surface area contributed by atoms with Crippen molar-refractivity contribution in [3.8, 4) is 0 Å². The standard InChI is InChI=1S/C11H14O3/c1-4-7(12)9-8(13)5-6-11(2,3)10(9)14/h5-6,9H,4H2,1-3H3. The largest absolute Gasteiger partial charge is 0.298 e. The number of carbonyl (C=O) groups is 3. The van der Waals surface area contributed by atoms with Crippen molar-refractivity contribution in [2.75, 3.05) is 0 Å². The highest BCUT2D eigenvalue weighted by molar-refractivity contribution is 6.25. The molecule has 1 unspecified atom stereocenters. The molecule has 1 rings (SSSR count). The predicted molar refractivity (Wildman–Crippen MR) is 51.7 cm³/mol. The highest BCUT2D eigenvalue weighted by Crippen LogP contribution is 2.29. The summed E-state index contributed by atoms with van der Waals surface area (Å²) in [7, 11) is 0. The van der Waals surface area contributed by atoms with E-state index in [9.17, 15) is 14.4 Å². The third-order valence-electron chi connectivity index (χ3n) is 2.52. The second-order valence-electron chi connectivity index (χ2n) is 4.07. The number of ketones is 3. The van der Waals surface area contributed by atoms with Crippen molar-refractivity contribution in [2.45, 2.75) is 27.2 Å². The zero-order valence-electron chi connectivity index (χ0n) is 8.66. The average molecular weight is 194 g/mol. The minimum absolute atomic E-state index is 0.228. The first-order chi connectivity index (χ1) is 6.40. The molecule has 0 radical (unpaired) electrons. The molecule has 0 bridgehead atoms. The smallest absolute Gasteiger partial charge is 0.173 e. The maximum Gasteiger partial charge on any atom is 0.173 e. The lowest BCUT2D eigenvalue weighted by atomic mass is 9.73. The second kappa shape index (κ2) is 3.48. The van der Waals surface area contributed by atoms with E-state index in [-0.39, 0.29) is 23.8 Å². The molecule has 0 aromatic rings. The van der Waals surface area contributed by atoms with E-state index in [2.05, 4.69) is 0 Å². The Morgan fingerprint density at radius 2 is 2.00 bits per heavy atom. The summed E-state index contributed by atoms with van der Waals surface area (Å²) in [5.41, 5.74) is -0.691. The van der Waals surface area contributed by atoms with Crippen molar-refractivity contribution >= 4 is 17.3 Å². The first kappa shape index (κ1) is 10.8. The number of allylic oxidation sites excluding steroid dienone is 2. The summed E-state index contributed by atoms with van der Waals surface area (Å²) in [4.78, 5) is 34.5. The lowest BCUT2D eigenvalue weighted by Crippen LogP contribution is -2.41. The maximum absolute atomic E-state index is 11.8. The van der Waals surface area contributed by atoms with E-state index in [1.165, 1.54) is 6.08 Å². The molecule has 0 fully saturated rings. The SMILES string of the molecule is CCC(=O)C1C(=O)C=CC(C)(C)C1=O. The molecule has 0 saturated heterocycles. The normalized spacial score (nSPS) is 25.2. The van der Waals surface area contributed by atoms with Gasteiger partial charge in [-0.3, -0.25) is 14.4 Å². The number of hydrogen-bond acceptors (Lipinski definition) is 3. The molecular weight excluding hydrogens is 180 g/mol. The molecule has 3 nitrogen and oxygen atoms in total. The van der Waals surface area contributed by atoms with E-state index >= 15 is 0 Å². The van der Waals surface area contributed by atoms with Crippen LogP contribution >= 0.6 is 0 Å². The van der Waals surface area contributed by atoms with Crippen molar-refractivity contribution in [3.63, 3.8) is 0 Å². The molecule has 3 heteroatoms. The Labute approximate surface area is 83.2 Å². The fraction of sp³-hybridized carbons (Fsp3) is 0.545. The van der Waals surface area contributed by atoms with Crippen LogP contribution in [0.1, 0.15) is 27.2 Å². The Kier molecular flexibility index (Phi) is 2.69. The lowest BCUT2D eigenvalue weighted by molar-refractivity contribution is -0.142. The zero-order chi connectivity index (χ0) is 10.9. The topological polar surface area (TPSA) is 51.2 Å². The molecule has 76 valence electrons. The minimum atomic E-state index is -1.06. The number of Topliss-reactive ketones (excluding diaryl/α,β-unsaturated/α-hetero) is 2. The molecule has 0 aliphatic heterocycles. The molecular formula is C11H14O3. The Balaban J connectivity index is 3.08. The maximum atomic E-state index is 11.8. The average Bonchev–Trinajstić information content (AvgIpc) is 2.13. The van der Waals surface area contributed by atoms with Gasteiger partial charge in [0.25, 0.3) is 0 Å². The molecule has 0 amide bonds. The van der Waals surface area contributed by atoms with Crippen LogP contribution in [0.3, 0.4) is 0 Å². The van der Waals surface area contributed by atoms with Gasteiger partial charge < -0.3 is 0 Å². The summed E-state index contributed by atoms with van der Waals surface area (Å²) in [6, 6.07) is 0. The van der Waals surface area contributed by atoms with Gasteiger partial charge in [-0.25, -0.2) is 0 Å². The summed E-state index contributed by atoms with van der Waals surface area (Å²) in [5.74, 6) is -1.99. The Morgan fingerprint density at radius 1 is 1.43 bits per heavy atom. The monoisotopic (exact) mass is 194 g/mol. The van der Waals surface area contributed by atoms with Gasteiger partial charge in [-0.05, 0) is 19.9 Å². The molecule has 1 atom stereocenters. The molecule has 0 saturated carbocycles. The van der Waals surface area contributed by atoms with Gasteiger partial charge in [-0.2, -0.15) is 0 Å². The van der Waals surface area contributed by atoms with Crippen LogP contribution in [0.15, 0.2) is 12.2 Å². The second-order valence-corrected chi connectivity index (χ2v) is 4.07. The minimum Gasteiger partial charge on any atom is -0.298 e. The van der Waals surface area contributed by atoms with E-state index in [1.807, 2.05) is 0 Å². The van der Waals surface area contributed by atoms with Crippen LogP contribution in [0.25, 0.3) is 0 Å². The van der Waals surface area contributed by atoms with Crippen LogP contribution < -0.4 is 0 Å². The fourth-order valence-corrected chi connectivity index (χ4v) is 1.48. The van der Waals surface area contributed by atoms with Gasteiger partial charge in [0.05, 0.1) is 0 Å². The van der Waals surface area contributed by atoms with Crippen LogP contribution in [0, 0.1) is 11.3 Å². The van der Waals surface area contributed by atoms with Crippen LogP contribution in [0.2, 0.25) is 0 Å². The summed E-state index contributed by atoms with van der Waals surface area (Å²) in [6.45, 7) is 5.09. The first-order valence-electron chi connectivity index (χ1n) is 4.70. The van der Waals surface area contributed by atoms with E-state index < -0.39 is 11.3 Å². The third kappa shape index (κ3) is 1.67. The van der Waals surface area contributed by atoms with Crippen molar-refractivity contribution in [1.82, 2.24) is 0 Å². The fourth-order valence-electron chi connectivity index (χ4n) is 1.48. The van der Waals surface area contributed by atoms with Gasteiger partial charge in [-0.15, -0.1) is 0 Å². The molecule has 14 heavy (non-hydrogen) atoms. The third-order valence-corrected chi connectivity index (χ3v) is 2.52. The van der Waals surface area contributed by atoms with Crippen molar-refractivity contribution in [3.05, 3.63) is 12.2 Å². The molecule has 0 aromatic heterocycles. The van der Waals surface area contributed by atoms with Gasteiger partial charge in [0.15, 0.2) is 17.3 Å². The predicted octanol–water partition coefficient (Wildman–Crippen LogP) is 1.32. The number of hydrogen-bond donors (Lipinski definition) is 0. The number of carbonyl (C=O) groups excluding carboxylic acids is 3. The highest BCUT2D eigenvalue weighted by Gasteiger charge is 2.41. The Hall–Kier alpha value is -1.25. The molecule has 0 spiro atoms. The molecule has 0 aromatic carbocycles. The van der Waals surface area contributed by atoms with Gasteiger partial charge in [-0.1, -0.05) is 13.0 Å². The Morgan fingerprint density at radius 3 is 2.50 bits per heavy atom. The van der Waals surface area contributed by atoms with Gasteiger partial charge >= 0.3 is 0 Å². The zero-order valence-corrected chi connectivity index (χ0v) is 8.66. The first-order valence-corrected chi connectivity index (χ1v) is 4.70. The molecule has 0 heterocycles. The molecule has 0 N–H and O–H groups in total. The van der Waals surface area contributed by atoms with E-state index in [4.69, 9.17) is 0 Å². The quantitative estimate of drug-likeness (QED) is 0.623.